The van der Waals surface area contributed by atoms with Gasteiger partial charge in [0.25, 0.3) is 0 Å². The molecule has 0 unspecified atom stereocenters. The van der Waals surface area contributed by atoms with Gasteiger partial charge in [-0.25, -0.2) is 0 Å². The topological polar surface area (TPSA) is 45.0 Å². The minimum absolute atomic E-state index is 0.0148. The first-order valence-corrected chi connectivity index (χ1v) is 6.80. The second-order valence-corrected chi connectivity index (χ2v) is 5.29. The maximum absolute atomic E-state index is 11.9. The van der Waals surface area contributed by atoms with Crippen LogP contribution in [0.2, 0.25) is 0 Å². The van der Waals surface area contributed by atoms with Crippen molar-refractivity contribution in [2.24, 2.45) is 0 Å². The van der Waals surface area contributed by atoms with Crippen LogP contribution in [0.15, 0.2) is 30.3 Å². The number of alkyl halides is 3. The number of nitrogens with one attached hydrogen (secondary N) is 1. The number of benzene rings is 1. The molecule has 1 aliphatic rings. The molecule has 0 radical (unpaired) electrons. The van der Waals surface area contributed by atoms with E-state index in [0.29, 0.717) is 19.4 Å². The Morgan fingerprint density at radius 3 is 2.52 bits per heavy atom. The fraction of sp³-hybridized carbons (Fsp3) is 0.533. The molecule has 6 heteroatoms. The van der Waals surface area contributed by atoms with Crippen LogP contribution in [-0.4, -0.2) is 32.0 Å². The van der Waals surface area contributed by atoms with Crippen molar-refractivity contribution in [2.75, 3.05) is 19.8 Å². The van der Waals surface area contributed by atoms with E-state index in [4.69, 9.17) is 0 Å². The molecule has 1 aromatic carbocycles. The number of rotatable bonds is 6. The van der Waals surface area contributed by atoms with Gasteiger partial charge < -0.3 is 10.1 Å². The Kier molecular flexibility index (Phi) is 4.86. The molecular weight excluding hydrogens is 281 g/mol. The van der Waals surface area contributed by atoms with E-state index in [1.165, 1.54) is 0 Å². The molecule has 0 aromatic heterocycles. The van der Waals surface area contributed by atoms with E-state index in [9.17, 15) is 18.4 Å². The first kappa shape index (κ1) is 15.8. The van der Waals surface area contributed by atoms with E-state index < -0.39 is 18.2 Å². The maximum atomic E-state index is 11.9. The lowest BCUT2D eigenvalue weighted by Crippen LogP contribution is -2.51. The Balaban J connectivity index is 1.70. The van der Waals surface area contributed by atoms with Crippen LogP contribution in [0.3, 0.4) is 0 Å². The van der Waals surface area contributed by atoms with E-state index >= 15 is 0 Å². The van der Waals surface area contributed by atoms with Crippen LogP contribution in [0.4, 0.5) is 13.2 Å². The predicted molar refractivity (Wildman–Crippen MR) is 71.6 cm³/mol. The van der Waals surface area contributed by atoms with Gasteiger partial charge in [-0.15, -0.1) is 0 Å². The van der Waals surface area contributed by atoms with Gasteiger partial charge >= 0.3 is 6.18 Å². The summed E-state index contributed by atoms with van der Waals surface area (Å²) in [6.07, 6.45) is -2.93. The molecule has 0 bridgehead atoms. The van der Waals surface area contributed by atoms with Gasteiger partial charge in [-0.2, -0.15) is 18.4 Å². The minimum Gasteiger partial charge on any atom is -0.371 e. The highest BCUT2D eigenvalue weighted by Gasteiger charge is 2.45. The number of hydrogen-bond acceptors (Lipinski definition) is 3. The largest absolute Gasteiger partial charge is 0.411 e. The van der Waals surface area contributed by atoms with E-state index in [-0.39, 0.29) is 12.6 Å². The summed E-state index contributed by atoms with van der Waals surface area (Å²) in [4.78, 5) is 0. The van der Waals surface area contributed by atoms with Gasteiger partial charge in [0.15, 0.2) is 0 Å². The van der Waals surface area contributed by atoms with E-state index in [1.807, 2.05) is 30.3 Å². The third kappa shape index (κ3) is 4.19. The lowest BCUT2D eigenvalue weighted by Gasteiger charge is -2.43. The zero-order chi connectivity index (χ0) is 15.3. The van der Waals surface area contributed by atoms with Gasteiger partial charge in [0, 0.05) is 12.6 Å². The van der Waals surface area contributed by atoms with Crippen LogP contribution >= 0.6 is 0 Å². The Labute approximate surface area is 121 Å². The van der Waals surface area contributed by atoms with Crippen LogP contribution in [0.1, 0.15) is 18.4 Å². The molecular formula is C15H17F3N2O. The molecule has 21 heavy (non-hydrogen) atoms. The molecule has 114 valence electrons. The highest BCUT2D eigenvalue weighted by Crippen LogP contribution is 2.43. The highest BCUT2D eigenvalue weighted by molar-refractivity contribution is 5.36. The number of hydrogen-bond donors (Lipinski definition) is 1. The monoisotopic (exact) mass is 298 g/mol. The molecule has 1 N–H and O–H groups in total. The van der Waals surface area contributed by atoms with Crippen molar-refractivity contribution in [2.45, 2.75) is 30.5 Å². The molecule has 0 heterocycles. The molecule has 1 fully saturated rings. The summed E-state index contributed by atoms with van der Waals surface area (Å²) in [6.45, 7) is -0.844. The van der Waals surface area contributed by atoms with Crippen LogP contribution in [0, 0.1) is 11.3 Å². The molecule has 2 rings (SSSR count). The third-order valence-electron chi connectivity index (χ3n) is 3.68. The zero-order valence-electron chi connectivity index (χ0n) is 11.5. The van der Waals surface area contributed by atoms with Crippen molar-refractivity contribution >= 4 is 0 Å². The fourth-order valence-electron chi connectivity index (χ4n) is 2.60. The standard InChI is InChI=1S/C15H17F3N2O/c16-15(17,18)11-21-7-6-20-13-8-14(9-13,10-19)12-4-2-1-3-5-12/h1-5,13,20H,6-9,11H2. The van der Waals surface area contributed by atoms with E-state index in [1.54, 1.807) is 0 Å². The summed E-state index contributed by atoms with van der Waals surface area (Å²) in [5.74, 6) is 0. The Morgan fingerprint density at radius 2 is 1.95 bits per heavy atom. The van der Waals surface area contributed by atoms with Gasteiger partial charge in [-0.3, -0.25) is 0 Å². The summed E-state index contributed by atoms with van der Waals surface area (Å²) < 4.78 is 40.1. The molecule has 1 aliphatic carbocycles. The Hall–Kier alpha value is -1.58. The molecule has 1 saturated carbocycles. The molecule has 0 aliphatic heterocycles. The number of nitrogens with zero attached hydrogens (tertiary/aromatic N) is 1. The van der Waals surface area contributed by atoms with Crippen molar-refractivity contribution in [1.82, 2.24) is 5.32 Å². The molecule has 3 nitrogen and oxygen atoms in total. The second-order valence-electron chi connectivity index (χ2n) is 5.29. The second kappa shape index (κ2) is 6.46. The van der Waals surface area contributed by atoms with Crippen molar-refractivity contribution in [3.05, 3.63) is 35.9 Å². The molecule has 0 saturated heterocycles. The number of nitriles is 1. The molecule has 1 aromatic rings. The lowest BCUT2D eigenvalue weighted by atomic mass is 9.62. The first-order chi connectivity index (χ1) is 9.95. The maximum Gasteiger partial charge on any atom is 0.411 e. The van der Waals surface area contributed by atoms with E-state index in [0.717, 1.165) is 5.56 Å². The van der Waals surface area contributed by atoms with Gasteiger partial charge in [-0.1, -0.05) is 30.3 Å². The van der Waals surface area contributed by atoms with Crippen LogP contribution in [-0.2, 0) is 10.2 Å². The van der Waals surface area contributed by atoms with Crippen molar-refractivity contribution < 1.29 is 17.9 Å². The van der Waals surface area contributed by atoms with Crippen LogP contribution < -0.4 is 5.32 Å². The Bertz CT molecular complexity index is 490. The highest BCUT2D eigenvalue weighted by atomic mass is 19.4. The van der Waals surface area contributed by atoms with Gasteiger partial charge in [0.05, 0.1) is 18.1 Å². The quantitative estimate of drug-likeness (QED) is 0.821. The van der Waals surface area contributed by atoms with Crippen molar-refractivity contribution in [3.8, 4) is 6.07 Å². The van der Waals surface area contributed by atoms with Crippen molar-refractivity contribution in [3.63, 3.8) is 0 Å². The van der Waals surface area contributed by atoms with Crippen LogP contribution in [0.25, 0.3) is 0 Å². The van der Waals surface area contributed by atoms with Crippen molar-refractivity contribution in [1.29, 1.82) is 5.26 Å². The zero-order valence-corrected chi connectivity index (χ0v) is 11.5. The number of ether oxygens (including phenoxy) is 1. The molecule has 0 amide bonds. The summed E-state index contributed by atoms with van der Waals surface area (Å²) in [5.41, 5.74) is 0.532. The van der Waals surface area contributed by atoms with Gasteiger partial charge in [0.2, 0.25) is 0 Å². The van der Waals surface area contributed by atoms with Crippen LogP contribution in [0.5, 0.6) is 0 Å². The number of halogens is 3. The SMILES string of the molecule is N#CC1(c2ccccc2)CC(NCCOCC(F)(F)F)C1. The fourth-order valence-corrected chi connectivity index (χ4v) is 2.60. The smallest absolute Gasteiger partial charge is 0.371 e. The minimum atomic E-state index is -4.28. The summed E-state index contributed by atoms with van der Waals surface area (Å²) in [5, 5.41) is 12.5. The first-order valence-electron chi connectivity index (χ1n) is 6.80. The average molecular weight is 298 g/mol. The summed E-state index contributed by atoms with van der Waals surface area (Å²) in [6, 6.07) is 12.1. The summed E-state index contributed by atoms with van der Waals surface area (Å²) >= 11 is 0. The normalized spacial score (nSPS) is 25.1. The Morgan fingerprint density at radius 1 is 1.29 bits per heavy atom. The van der Waals surface area contributed by atoms with Gasteiger partial charge in [0.1, 0.15) is 6.61 Å². The summed E-state index contributed by atoms with van der Waals surface area (Å²) in [7, 11) is 0. The lowest BCUT2D eigenvalue weighted by molar-refractivity contribution is -0.173. The molecule has 0 atom stereocenters. The third-order valence-corrected chi connectivity index (χ3v) is 3.68. The average Bonchev–Trinajstić information content (AvgIpc) is 2.40. The van der Waals surface area contributed by atoms with Gasteiger partial charge in [-0.05, 0) is 18.4 Å². The predicted octanol–water partition coefficient (Wildman–Crippen LogP) is 2.78. The van der Waals surface area contributed by atoms with E-state index in [2.05, 4.69) is 16.1 Å². The molecule has 0 spiro atoms.